The highest BCUT2D eigenvalue weighted by Gasteiger charge is 2.17. The lowest BCUT2D eigenvalue weighted by atomic mass is 10.2. The number of thiazole rings is 1. The molecule has 0 unspecified atom stereocenters. The number of aromatic nitrogens is 3. The number of benzene rings is 1. The van der Waals surface area contributed by atoms with Gasteiger partial charge in [-0.15, -0.1) is 11.3 Å². The summed E-state index contributed by atoms with van der Waals surface area (Å²) in [6.07, 6.45) is 1.64. The van der Waals surface area contributed by atoms with Crippen molar-refractivity contribution in [3.63, 3.8) is 0 Å². The lowest BCUT2D eigenvalue weighted by molar-refractivity contribution is 0.508. The Morgan fingerprint density at radius 3 is 2.91 bits per heavy atom. The first-order valence-electron chi connectivity index (χ1n) is 7.71. The van der Waals surface area contributed by atoms with E-state index in [2.05, 4.69) is 34.1 Å². The molecule has 0 atom stereocenters. The zero-order valence-corrected chi connectivity index (χ0v) is 13.9. The molecule has 6 nitrogen and oxygen atoms in total. The fourth-order valence-electron chi connectivity index (χ4n) is 2.79. The normalized spacial score (nSPS) is 14.7. The molecule has 118 valence electrons. The summed E-state index contributed by atoms with van der Waals surface area (Å²) >= 11 is 1.51. The second-order valence-electron chi connectivity index (χ2n) is 6.08. The van der Waals surface area contributed by atoms with E-state index >= 15 is 0 Å². The Morgan fingerprint density at radius 1 is 1.35 bits per heavy atom. The molecule has 0 fully saturated rings. The van der Waals surface area contributed by atoms with E-state index in [-0.39, 0.29) is 5.56 Å². The minimum atomic E-state index is 0.00539. The van der Waals surface area contributed by atoms with Crippen molar-refractivity contribution < 1.29 is 0 Å². The van der Waals surface area contributed by atoms with Crippen molar-refractivity contribution in [1.29, 1.82) is 0 Å². The summed E-state index contributed by atoms with van der Waals surface area (Å²) in [5.41, 5.74) is 1.56. The van der Waals surface area contributed by atoms with E-state index in [1.54, 1.807) is 10.9 Å². The summed E-state index contributed by atoms with van der Waals surface area (Å²) in [5.74, 6) is 1.21. The van der Waals surface area contributed by atoms with Crippen molar-refractivity contribution in [1.82, 2.24) is 19.9 Å². The predicted octanol–water partition coefficient (Wildman–Crippen LogP) is 2.01. The Labute approximate surface area is 136 Å². The molecule has 0 radical (unpaired) electrons. The van der Waals surface area contributed by atoms with Gasteiger partial charge in [-0.3, -0.25) is 14.4 Å². The van der Waals surface area contributed by atoms with Crippen molar-refractivity contribution in [2.24, 2.45) is 10.9 Å². The minimum absolute atomic E-state index is 0.00539. The van der Waals surface area contributed by atoms with Crippen LogP contribution < -0.4 is 10.9 Å². The monoisotopic (exact) mass is 327 g/mol. The summed E-state index contributed by atoms with van der Waals surface area (Å²) in [5, 5.41) is 4.73. The highest BCUT2D eigenvalue weighted by Crippen LogP contribution is 2.28. The topological polar surface area (TPSA) is 72.2 Å². The Bertz CT molecular complexity index is 985. The highest BCUT2D eigenvalue weighted by molar-refractivity contribution is 7.21. The van der Waals surface area contributed by atoms with Gasteiger partial charge >= 0.3 is 0 Å². The number of hydrogen-bond donors (Lipinski definition) is 1. The lowest BCUT2D eigenvalue weighted by Gasteiger charge is -2.08. The maximum atomic E-state index is 12.9. The van der Waals surface area contributed by atoms with Gasteiger partial charge in [-0.05, 0) is 18.1 Å². The Balaban J connectivity index is 1.97. The van der Waals surface area contributed by atoms with Crippen molar-refractivity contribution in [3.8, 4) is 0 Å². The van der Waals surface area contributed by atoms with Gasteiger partial charge in [-0.25, -0.2) is 9.97 Å². The summed E-state index contributed by atoms with van der Waals surface area (Å²) in [6, 6.07) is 3.79. The van der Waals surface area contributed by atoms with Crippen LogP contribution in [0.2, 0.25) is 0 Å². The van der Waals surface area contributed by atoms with Crippen molar-refractivity contribution in [3.05, 3.63) is 33.8 Å². The first kappa shape index (κ1) is 14.3. The molecule has 1 aliphatic heterocycles. The van der Waals surface area contributed by atoms with Crippen molar-refractivity contribution in [2.75, 3.05) is 13.1 Å². The van der Waals surface area contributed by atoms with Crippen LogP contribution >= 0.6 is 11.3 Å². The third kappa shape index (κ3) is 2.41. The molecule has 3 heterocycles. The molecule has 0 bridgehead atoms. The average Bonchev–Trinajstić information content (AvgIpc) is 3.17. The van der Waals surface area contributed by atoms with Crippen LogP contribution in [-0.2, 0) is 6.54 Å². The van der Waals surface area contributed by atoms with Gasteiger partial charge in [0.2, 0.25) is 0 Å². The van der Waals surface area contributed by atoms with Gasteiger partial charge in [0.25, 0.3) is 5.56 Å². The number of hydrogen-bond acceptors (Lipinski definition) is 6. The van der Waals surface area contributed by atoms with Crippen molar-refractivity contribution >= 4 is 38.3 Å². The quantitative estimate of drug-likeness (QED) is 0.799. The lowest BCUT2D eigenvalue weighted by Crippen LogP contribution is -2.22. The Morgan fingerprint density at radius 2 is 2.17 bits per heavy atom. The Hall–Kier alpha value is -2.28. The van der Waals surface area contributed by atoms with Crippen LogP contribution in [0.15, 0.2) is 28.2 Å². The number of amidine groups is 1. The van der Waals surface area contributed by atoms with Crippen LogP contribution in [0.5, 0.6) is 0 Å². The van der Waals surface area contributed by atoms with E-state index in [4.69, 9.17) is 0 Å². The number of aliphatic imine (C=N–C) groups is 1. The third-order valence-electron chi connectivity index (χ3n) is 3.79. The van der Waals surface area contributed by atoms with E-state index in [0.29, 0.717) is 17.8 Å². The van der Waals surface area contributed by atoms with E-state index in [0.717, 1.165) is 39.7 Å². The van der Waals surface area contributed by atoms with E-state index < -0.39 is 0 Å². The minimum Gasteiger partial charge on any atom is -0.366 e. The van der Waals surface area contributed by atoms with Gasteiger partial charge < -0.3 is 5.32 Å². The van der Waals surface area contributed by atoms with Crippen molar-refractivity contribution in [2.45, 2.75) is 20.4 Å². The van der Waals surface area contributed by atoms with Crippen LogP contribution in [0.4, 0.5) is 0 Å². The average molecular weight is 327 g/mol. The molecule has 2 aromatic heterocycles. The van der Waals surface area contributed by atoms with E-state index in [9.17, 15) is 4.79 Å². The molecular weight excluding hydrogens is 310 g/mol. The number of nitrogens with one attached hydrogen (secondary N) is 1. The molecule has 1 aliphatic rings. The fourth-order valence-corrected chi connectivity index (χ4v) is 3.87. The number of fused-ring (bicyclic) bond motifs is 3. The molecule has 0 saturated carbocycles. The summed E-state index contributed by atoms with van der Waals surface area (Å²) in [7, 11) is 0. The van der Waals surface area contributed by atoms with Gasteiger partial charge in [-0.1, -0.05) is 13.8 Å². The third-order valence-corrected chi connectivity index (χ3v) is 4.88. The zero-order chi connectivity index (χ0) is 16.0. The van der Waals surface area contributed by atoms with E-state index in [1.807, 2.05) is 12.1 Å². The fraction of sp³-hybridized carbons (Fsp3) is 0.375. The van der Waals surface area contributed by atoms with Crippen LogP contribution in [0.1, 0.15) is 18.9 Å². The first-order valence-corrected chi connectivity index (χ1v) is 8.52. The van der Waals surface area contributed by atoms with Crippen LogP contribution in [0.3, 0.4) is 0 Å². The van der Waals surface area contributed by atoms with Gasteiger partial charge in [0, 0.05) is 13.1 Å². The molecule has 4 rings (SSSR count). The largest absolute Gasteiger partial charge is 0.366 e. The molecule has 1 aromatic carbocycles. The molecule has 0 amide bonds. The second-order valence-corrected chi connectivity index (χ2v) is 7.08. The molecule has 1 N–H and O–H groups in total. The second kappa shape index (κ2) is 5.42. The number of nitrogens with zero attached hydrogens (tertiary/aromatic N) is 4. The molecule has 23 heavy (non-hydrogen) atoms. The smallest absolute Gasteiger partial charge is 0.262 e. The summed E-state index contributed by atoms with van der Waals surface area (Å²) in [6.45, 7) is 6.46. The van der Waals surface area contributed by atoms with Crippen LogP contribution in [0, 0.1) is 5.92 Å². The maximum absolute atomic E-state index is 12.9. The molecule has 0 aliphatic carbocycles. The first-order chi connectivity index (χ1) is 11.1. The molecule has 7 heteroatoms. The molecule has 0 spiro atoms. The standard InChI is InChI=1S/C16H17N5OS/c1-9(2)7-21-8-19-10-3-4-11-13(12(10)16(21)22)23-15(20-11)14-17-5-6-18-14/h3-4,8-9H,5-7H2,1-2H3,(H,17,18). The van der Waals surface area contributed by atoms with Gasteiger partial charge in [0.05, 0.1) is 34.0 Å². The molecule has 0 saturated heterocycles. The van der Waals surface area contributed by atoms with Gasteiger partial charge in [0.1, 0.15) is 0 Å². The SMILES string of the molecule is CC(C)Cn1cnc2ccc3nc(C4=NCCN4)sc3c2c1=O. The van der Waals surface area contributed by atoms with Crippen LogP contribution in [-0.4, -0.2) is 33.5 Å². The molecule has 3 aromatic rings. The zero-order valence-electron chi connectivity index (χ0n) is 13.0. The number of rotatable bonds is 3. The van der Waals surface area contributed by atoms with Gasteiger partial charge in [0.15, 0.2) is 10.8 Å². The maximum Gasteiger partial charge on any atom is 0.262 e. The summed E-state index contributed by atoms with van der Waals surface area (Å²) < 4.78 is 2.58. The Kier molecular flexibility index (Phi) is 3.37. The summed E-state index contributed by atoms with van der Waals surface area (Å²) in [4.78, 5) is 26.4. The van der Waals surface area contributed by atoms with Gasteiger partial charge in [-0.2, -0.15) is 0 Å². The van der Waals surface area contributed by atoms with E-state index in [1.165, 1.54) is 11.3 Å². The highest BCUT2D eigenvalue weighted by atomic mass is 32.1. The van der Waals surface area contributed by atoms with Crippen LogP contribution in [0.25, 0.3) is 21.1 Å². The predicted molar refractivity (Wildman–Crippen MR) is 93.4 cm³/mol. The molecular formula is C16H17N5OS.